The van der Waals surface area contributed by atoms with Crippen LogP contribution in [-0.2, 0) is 0 Å². The second-order valence-electron chi connectivity index (χ2n) is 0.849. The molecule has 1 radical (unpaired) electrons. The van der Waals surface area contributed by atoms with Crippen molar-refractivity contribution in [3.05, 3.63) is 6.92 Å². The maximum Gasteiger partial charge on any atom is 0.0389 e. The number of aliphatic hydroxyl groups excluding tert-OH is 1. The molecule has 1 nitrogen and oxygen atoms in total. The zero-order valence-electron chi connectivity index (χ0n) is 2.73. The highest BCUT2D eigenvalue weighted by molar-refractivity contribution is 6.11. The Hall–Kier alpha value is 0.177. The minimum absolute atomic E-state index is 0.278. The van der Waals surface area contributed by atoms with Gasteiger partial charge < -0.3 is 5.11 Å². The van der Waals surface area contributed by atoms with E-state index in [1.165, 1.54) is 0 Å². The number of aliphatic hydroxyl groups is 1. The van der Waals surface area contributed by atoms with Gasteiger partial charge in [0.15, 0.2) is 0 Å². The van der Waals surface area contributed by atoms with Gasteiger partial charge in [0.2, 0.25) is 0 Å². The Balaban J connectivity index is 2.32. The van der Waals surface area contributed by atoms with Crippen molar-refractivity contribution in [3.8, 4) is 0 Å². The molecule has 0 aromatic rings. The van der Waals surface area contributed by atoms with Gasteiger partial charge in [-0.25, -0.2) is 0 Å². The van der Waals surface area contributed by atoms with Gasteiger partial charge >= 0.3 is 0 Å². The smallest absolute Gasteiger partial charge is 0.0389 e. The van der Waals surface area contributed by atoms with Crippen LogP contribution in [0.3, 0.4) is 0 Å². The van der Waals surface area contributed by atoms with E-state index in [4.69, 9.17) is 5.11 Å². The van der Waals surface area contributed by atoms with Crippen LogP contribution in [0.5, 0.6) is 0 Å². The molecule has 0 aliphatic carbocycles. The molecule has 0 aromatic heterocycles. The maximum atomic E-state index is 8.01. The number of hydrogen-bond acceptors (Lipinski definition) is 1. The van der Waals surface area contributed by atoms with E-state index < -0.39 is 0 Å². The SMILES string of the molecule is [CH2]C(O)[SiH3]. The van der Waals surface area contributed by atoms with Crippen LogP contribution in [0.4, 0.5) is 0 Å². The lowest BCUT2D eigenvalue weighted by molar-refractivity contribution is 0.300. The summed E-state index contributed by atoms with van der Waals surface area (Å²) in [6.45, 7) is 3.26. The molecular formula is C2H7OSi. The summed E-state index contributed by atoms with van der Waals surface area (Å²) in [5.41, 5.74) is -0.278. The van der Waals surface area contributed by atoms with Gasteiger partial charge in [-0.15, -0.1) is 0 Å². The van der Waals surface area contributed by atoms with Gasteiger partial charge in [0.25, 0.3) is 0 Å². The fourth-order valence-electron chi connectivity index (χ4n) is 0. The Kier molecular flexibility index (Phi) is 1.56. The second-order valence-corrected chi connectivity index (χ2v) is 2.18. The van der Waals surface area contributed by atoms with Gasteiger partial charge in [0, 0.05) is 16.0 Å². The fourth-order valence-corrected chi connectivity index (χ4v) is 0. The molecule has 0 aliphatic heterocycles. The summed E-state index contributed by atoms with van der Waals surface area (Å²) in [6, 6.07) is 0. The average molecular weight is 75.2 g/mol. The van der Waals surface area contributed by atoms with Crippen molar-refractivity contribution in [2.75, 3.05) is 0 Å². The van der Waals surface area contributed by atoms with Gasteiger partial charge in [-0.05, 0) is 6.92 Å². The molecule has 0 aromatic carbocycles. The third kappa shape index (κ3) is 96.4. The Labute approximate surface area is 29.1 Å². The summed E-state index contributed by atoms with van der Waals surface area (Å²) in [7, 11) is 0.793. The maximum absolute atomic E-state index is 8.01. The highest BCUT2D eigenvalue weighted by Gasteiger charge is 1.70. The summed E-state index contributed by atoms with van der Waals surface area (Å²) in [5.74, 6) is 0. The van der Waals surface area contributed by atoms with E-state index in [1.54, 1.807) is 0 Å². The first-order chi connectivity index (χ1) is 1.73. The highest BCUT2D eigenvalue weighted by atomic mass is 28.1. The van der Waals surface area contributed by atoms with Crippen LogP contribution in [0, 0.1) is 6.92 Å². The van der Waals surface area contributed by atoms with Crippen LogP contribution in [0.15, 0.2) is 0 Å². The van der Waals surface area contributed by atoms with Gasteiger partial charge in [0.1, 0.15) is 0 Å². The summed E-state index contributed by atoms with van der Waals surface area (Å²) in [5, 5.41) is 8.01. The molecule has 1 N–H and O–H groups in total. The molecule has 0 heterocycles. The Morgan fingerprint density at radius 2 is 2.00 bits per heavy atom. The predicted molar refractivity (Wildman–Crippen MR) is 21.3 cm³/mol. The van der Waals surface area contributed by atoms with Crippen LogP contribution in [0.25, 0.3) is 0 Å². The zero-order chi connectivity index (χ0) is 3.58. The van der Waals surface area contributed by atoms with Crippen molar-refractivity contribution >= 4 is 10.2 Å². The second kappa shape index (κ2) is 1.49. The number of hydrogen-bond donors (Lipinski definition) is 1. The quantitative estimate of drug-likeness (QED) is 0.348. The van der Waals surface area contributed by atoms with E-state index >= 15 is 0 Å². The topological polar surface area (TPSA) is 20.2 Å². The van der Waals surface area contributed by atoms with Gasteiger partial charge in [-0.2, -0.15) is 0 Å². The summed E-state index contributed by atoms with van der Waals surface area (Å²) in [4.78, 5) is 0. The van der Waals surface area contributed by atoms with E-state index in [2.05, 4.69) is 6.92 Å². The Morgan fingerprint density at radius 1 is 2.00 bits per heavy atom. The van der Waals surface area contributed by atoms with Crippen molar-refractivity contribution in [3.63, 3.8) is 0 Å². The lowest BCUT2D eigenvalue weighted by Crippen LogP contribution is -1.94. The third-order valence-corrected chi connectivity index (χ3v) is 0. The van der Waals surface area contributed by atoms with Crippen molar-refractivity contribution in [1.82, 2.24) is 0 Å². The molecule has 1 unspecified atom stereocenters. The van der Waals surface area contributed by atoms with Crippen LogP contribution < -0.4 is 0 Å². The molecule has 1 atom stereocenters. The standard InChI is InChI=1S/C2H7OSi/c1-2(3)4/h2-3H,1H2,4H3. The van der Waals surface area contributed by atoms with Crippen molar-refractivity contribution in [2.45, 2.75) is 5.73 Å². The normalized spacial score (nSPS) is 16.5. The van der Waals surface area contributed by atoms with Crippen molar-refractivity contribution < 1.29 is 5.11 Å². The van der Waals surface area contributed by atoms with Gasteiger partial charge in [-0.3, -0.25) is 0 Å². The molecule has 0 spiro atoms. The molecular weight excluding hydrogens is 68.1 g/mol. The van der Waals surface area contributed by atoms with Crippen LogP contribution in [-0.4, -0.2) is 21.1 Å². The third-order valence-electron chi connectivity index (χ3n) is 0. The average Bonchev–Trinajstić information content (AvgIpc) is 0.811. The van der Waals surface area contributed by atoms with E-state index in [1.807, 2.05) is 0 Å². The molecule has 0 amide bonds. The lowest BCUT2D eigenvalue weighted by Gasteiger charge is -1.79. The molecule has 0 rings (SSSR count). The first kappa shape index (κ1) is 4.18. The van der Waals surface area contributed by atoms with E-state index in [0.717, 1.165) is 10.2 Å². The lowest BCUT2D eigenvalue weighted by atomic mass is 10.9. The van der Waals surface area contributed by atoms with Gasteiger partial charge in [0.05, 0.1) is 0 Å². The molecule has 0 aliphatic rings. The predicted octanol–water partition coefficient (Wildman–Crippen LogP) is -1.50. The monoisotopic (exact) mass is 75.0 g/mol. The van der Waals surface area contributed by atoms with Gasteiger partial charge in [-0.1, -0.05) is 0 Å². The molecule has 4 heavy (non-hydrogen) atoms. The molecule has 2 heteroatoms. The molecule has 0 saturated heterocycles. The molecule has 25 valence electrons. The largest absolute Gasteiger partial charge is 0.398 e. The minimum Gasteiger partial charge on any atom is -0.398 e. The number of rotatable bonds is 0. The minimum atomic E-state index is -0.278. The van der Waals surface area contributed by atoms with E-state index in [0.29, 0.717) is 0 Å². The summed E-state index contributed by atoms with van der Waals surface area (Å²) in [6.07, 6.45) is 0. The molecule has 0 saturated carbocycles. The summed E-state index contributed by atoms with van der Waals surface area (Å²) < 4.78 is 0. The Morgan fingerprint density at radius 3 is 2.00 bits per heavy atom. The first-order valence-corrected chi connectivity index (χ1v) is 2.40. The first-order valence-electron chi connectivity index (χ1n) is 1.24. The highest BCUT2D eigenvalue weighted by Crippen LogP contribution is 1.54. The van der Waals surface area contributed by atoms with E-state index in [-0.39, 0.29) is 5.73 Å². The molecule has 0 fully saturated rings. The van der Waals surface area contributed by atoms with Crippen LogP contribution in [0.1, 0.15) is 0 Å². The fraction of sp³-hybridized carbons (Fsp3) is 0.500. The van der Waals surface area contributed by atoms with Crippen LogP contribution in [0.2, 0.25) is 0 Å². The van der Waals surface area contributed by atoms with E-state index in [9.17, 15) is 0 Å². The Bertz CT molecular complexity index is 10.8. The van der Waals surface area contributed by atoms with Crippen molar-refractivity contribution in [1.29, 1.82) is 0 Å². The van der Waals surface area contributed by atoms with Crippen LogP contribution >= 0.6 is 0 Å². The van der Waals surface area contributed by atoms with Crippen molar-refractivity contribution in [2.24, 2.45) is 0 Å². The zero-order valence-corrected chi connectivity index (χ0v) is 4.73. The summed E-state index contributed by atoms with van der Waals surface area (Å²) >= 11 is 0. The molecule has 0 bridgehead atoms.